The van der Waals surface area contributed by atoms with Crippen molar-refractivity contribution in [1.29, 1.82) is 0 Å². The number of allylic oxidation sites excluding steroid dienone is 2. The zero-order chi connectivity index (χ0) is 19.0. The van der Waals surface area contributed by atoms with Crippen molar-refractivity contribution in [3.05, 3.63) is 47.7 Å². The molecule has 0 unspecified atom stereocenters. The first-order valence-corrected chi connectivity index (χ1v) is 9.64. The average molecular weight is 357 g/mol. The lowest BCUT2D eigenvalue weighted by atomic mass is 9.92. The van der Waals surface area contributed by atoms with Crippen molar-refractivity contribution in [2.75, 3.05) is 13.1 Å². The van der Waals surface area contributed by atoms with Gasteiger partial charge in [-0.25, -0.2) is 0 Å². The number of carbonyl (C=O) groups excluding carboxylic acids is 1. The van der Waals surface area contributed by atoms with Gasteiger partial charge in [-0.2, -0.15) is 0 Å². The number of likely N-dealkylation sites (tertiary alicyclic amines) is 1. The number of unbranched alkanes of at least 4 members (excludes halogenated alkanes) is 4. The lowest BCUT2D eigenvalue weighted by Gasteiger charge is -2.22. The maximum atomic E-state index is 12.5. The largest absolute Gasteiger partial charge is 0.481 e. The van der Waals surface area contributed by atoms with Gasteiger partial charge in [0.25, 0.3) is 0 Å². The summed E-state index contributed by atoms with van der Waals surface area (Å²) in [6.07, 6.45) is 8.04. The number of hydrogen-bond acceptors (Lipinski definition) is 3. The molecule has 26 heavy (non-hydrogen) atoms. The van der Waals surface area contributed by atoms with Crippen LogP contribution in [0.3, 0.4) is 0 Å². The zero-order valence-corrected chi connectivity index (χ0v) is 16.0. The number of carboxylic acid groups (broad SMARTS) is 1. The number of ketones is 1. The number of rotatable bonds is 10. The van der Waals surface area contributed by atoms with Gasteiger partial charge in [0.2, 0.25) is 0 Å². The first-order valence-electron chi connectivity index (χ1n) is 9.64. The maximum Gasteiger partial charge on any atom is 0.303 e. The van der Waals surface area contributed by atoms with Crippen molar-refractivity contribution in [2.24, 2.45) is 5.41 Å². The Morgan fingerprint density at radius 2 is 1.73 bits per heavy atom. The van der Waals surface area contributed by atoms with Crippen LogP contribution in [0.25, 0.3) is 0 Å². The van der Waals surface area contributed by atoms with E-state index >= 15 is 0 Å². The van der Waals surface area contributed by atoms with E-state index in [9.17, 15) is 9.59 Å². The predicted octanol–water partition coefficient (Wildman–Crippen LogP) is 4.91. The molecule has 2 rings (SSSR count). The zero-order valence-electron chi connectivity index (χ0n) is 16.0. The Labute approximate surface area is 156 Å². The third-order valence-corrected chi connectivity index (χ3v) is 4.86. The van der Waals surface area contributed by atoms with E-state index in [-0.39, 0.29) is 17.6 Å². The second kappa shape index (κ2) is 9.56. The predicted molar refractivity (Wildman–Crippen MR) is 104 cm³/mol. The van der Waals surface area contributed by atoms with Crippen LogP contribution in [0.15, 0.2) is 42.1 Å². The molecule has 1 aromatic rings. The molecule has 1 fully saturated rings. The van der Waals surface area contributed by atoms with Gasteiger partial charge in [0.1, 0.15) is 0 Å². The van der Waals surface area contributed by atoms with Crippen LogP contribution in [0.2, 0.25) is 0 Å². The first-order chi connectivity index (χ1) is 12.4. The summed E-state index contributed by atoms with van der Waals surface area (Å²) in [5.74, 6) is -0.626. The fraction of sp³-hybridized carbons (Fsp3) is 0.545. The summed E-state index contributed by atoms with van der Waals surface area (Å²) in [5, 5.41) is 8.65. The Bertz CT molecular complexity index is 634. The minimum atomic E-state index is -0.706. The van der Waals surface area contributed by atoms with Crippen molar-refractivity contribution >= 4 is 11.8 Å². The van der Waals surface area contributed by atoms with Crippen molar-refractivity contribution in [3.8, 4) is 0 Å². The van der Waals surface area contributed by atoms with E-state index in [0.717, 1.165) is 62.9 Å². The molecule has 0 atom stereocenters. The van der Waals surface area contributed by atoms with Crippen LogP contribution in [-0.4, -0.2) is 34.8 Å². The van der Waals surface area contributed by atoms with Gasteiger partial charge < -0.3 is 10.0 Å². The van der Waals surface area contributed by atoms with Crippen molar-refractivity contribution in [3.63, 3.8) is 0 Å². The Kier molecular flexibility index (Phi) is 7.43. The molecule has 0 aliphatic carbocycles. The van der Waals surface area contributed by atoms with Gasteiger partial charge >= 0.3 is 5.97 Å². The van der Waals surface area contributed by atoms with Crippen LogP contribution in [0.5, 0.6) is 0 Å². The molecule has 1 saturated heterocycles. The molecule has 4 nitrogen and oxygen atoms in total. The van der Waals surface area contributed by atoms with E-state index in [2.05, 4.69) is 18.7 Å². The SMILES string of the molecule is CC1(C)C/C(=C\C(=O)c2ccccc2)N(CCCCCCCC(=O)O)C1. The van der Waals surface area contributed by atoms with Gasteiger partial charge in [-0.05, 0) is 24.7 Å². The van der Waals surface area contributed by atoms with E-state index in [0.29, 0.717) is 0 Å². The number of carboxylic acids is 1. The highest BCUT2D eigenvalue weighted by Crippen LogP contribution is 2.36. The van der Waals surface area contributed by atoms with Crippen LogP contribution in [0, 0.1) is 5.41 Å². The third-order valence-electron chi connectivity index (χ3n) is 4.86. The molecular formula is C22H31NO3. The minimum absolute atomic E-state index is 0.0805. The second-order valence-electron chi connectivity index (χ2n) is 8.04. The molecule has 0 radical (unpaired) electrons. The van der Waals surface area contributed by atoms with E-state index in [1.54, 1.807) is 0 Å². The van der Waals surface area contributed by atoms with Gasteiger partial charge in [-0.1, -0.05) is 63.4 Å². The standard InChI is InChI=1S/C22H31NO3/c1-22(2)16-19(15-20(24)18-11-7-6-8-12-18)23(17-22)14-10-5-3-4-9-13-21(25)26/h6-8,11-12,15H,3-5,9-10,13-14,16-17H2,1-2H3,(H,25,26)/b19-15+. The summed E-state index contributed by atoms with van der Waals surface area (Å²) in [7, 11) is 0. The molecule has 4 heteroatoms. The lowest BCUT2D eigenvalue weighted by molar-refractivity contribution is -0.137. The number of hydrogen-bond donors (Lipinski definition) is 1. The quantitative estimate of drug-likeness (QED) is 0.367. The summed E-state index contributed by atoms with van der Waals surface area (Å²) < 4.78 is 0. The molecule has 1 heterocycles. The Balaban J connectivity index is 1.84. The fourth-order valence-corrected chi connectivity index (χ4v) is 3.59. The molecule has 0 spiro atoms. The van der Waals surface area contributed by atoms with E-state index in [1.165, 1.54) is 0 Å². The minimum Gasteiger partial charge on any atom is -0.481 e. The van der Waals surface area contributed by atoms with Gasteiger partial charge in [-0.15, -0.1) is 0 Å². The second-order valence-corrected chi connectivity index (χ2v) is 8.04. The number of carbonyl (C=O) groups is 2. The van der Waals surface area contributed by atoms with Crippen LogP contribution in [0.4, 0.5) is 0 Å². The number of aliphatic carboxylic acids is 1. The smallest absolute Gasteiger partial charge is 0.303 e. The molecule has 0 bridgehead atoms. The van der Waals surface area contributed by atoms with Crippen molar-refractivity contribution < 1.29 is 14.7 Å². The Morgan fingerprint density at radius 3 is 2.42 bits per heavy atom. The highest BCUT2D eigenvalue weighted by molar-refractivity contribution is 6.04. The molecule has 1 aromatic carbocycles. The molecule has 142 valence electrons. The van der Waals surface area contributed by atoms with E-state index in [1.807, 2.05) is 36.4 Å². The molecular weight excluding hydrogens is 326 g/mol. The Hall–Kier alpha value is -2.10. The van der Waals surface area contributed by atoms with Gasteiger partial charge in [0.05, 0.1) is 0 Å². The third kappa shape index (κ3) is 6.66. The van der Waals surface area contributed by atoms with Crippen molar-refractivity contribution in [1.82, 2.24) is 4.90 Å². The topological polar surface area (TPSA) is 57.6 Å². The molecule has 0 amide bonds. The highest BCUT2D eigenvalue weighted by atomic mass is 16.4. The van der Waals surface area contributed by atoms with Crippen LogP contribution in [-0.2, 0) is 4.79 Å². The number of nitrogens with zero attached hydrogens (tertiary/aromatic N) is 1. The average Bonchev–Trinajstić information content (AvgIpc) is 2.88. The fourth-order valence-electron chi connectivity index (χ4n) is 3.59. The molecule has 1 aliphatic rings. The molecule has 1 aliphatic heterocycles. The maximum absolute atomic E-state index is 12.5. The van der Waals surface area contributed by atoms with Gasteiger partial charge in [0.15, 0.2) is 5.78 Å². The summed E-state index contributed by atoms with van der Waals surface area (Å²) in [6.45, 7) is 6.45. The van der Waals surface area contributed by atoms with Crippen LogP contribution >= 0.6 is 0 Å². The first kappa shape index (κ1) is 20.2. The summed E-state index contributed by atoms with van der Waals surface area (Å²) >= 11 is 0. The monoisotopic (exact) mass is 357 g/mol. The van der Waals surface area contributed by atoms with Gasteiger partial charge in [0, 0.05) is 36.8 Å². The molecule has 0 saturated carbocycles. The summed E-state index contributed by atoms with van der Waals surface area (Å²) in [5.41, 5.74) is 2.09. The molecule has 0 aromatic heterocycles. The van der Waals surface area contributed by atoms with Crippen molar-refractivity contribution in [2.45, 2.75) is 58.8 Å². The van der Waals surface area contributed by atoms with Gasteiger partial charge in [-0.3, -0.25) is 9.59 Å². The lowest BCUT2D eigenvalue weighted by Crippen LogP contribution is -2.24. The normalized spacial score (nSPS) is 17.6. The van der Waals surface area contributed by atoms with E-state index < -0.39 is 5.97 Å². The number of benzene rings is 1. The summed E-state index contributed by atoms with van der Waals surface area (Å²) in [4.78, 5) is 25.4. The Morgan fingerprint density at radius 1 is 1.08 bits per heavy atom. The van der Waals surface area contributed by atoms with E-state index in [4.69, 9.17) is 5.11 Å². The highest BCUT2D eigenvalue weighted by Gasteiger charge is 2.32. The molecule has 1 N–H and O–H groups in total. The summed E-state index contributed by atoms with van der Waals surface area (Å²) in [6, 6.07) is 9.44. The van der Waals surface area contributed by atoms with Crippen LogP contribution in [0.1, 0.15) is 69.2 Å². The van der Waals surface area contributed by atoms with Crippen LogP contribution < -0.4 is 0 Å².